The van der Waals surface area contributed by atoms with Gasteiger partial charge in [-0.25, -0.2) is 4.98 Å². The van der Waals surface area contributed by atoms with Crippen molar-refractivity contribution in [2.75, 3.05) is 0 Å². The number of rotatable bonds is 3. The first kappa shape index (κ1) is 14.0. The molecule has 0 radical (unpaired) electrons. The normalized spacial score (nSPS) is 11.0. The number of benzene rings is 1. The van der Waals surface area contributed by atoms with Crippen LogP contribution in [0.1, 0.15) is 12.6 Å². The molecule has 0 spiro atoms. The van der Waals surface area contributed by atoms with E-state index in [9.17, 15) is 5.11 Å². The van der Waals surface area contributed by atoms with Crippen molar-refractivity contribution in [2.24, 2.45) is 0 Å². The van der Waals surface area contributed by atoms with Crippen molar-refractivity contribution in [2.45, 2.75) is 13.3 Å². The molecular formula is C14H11Cl2N3O2. The van der Waals surface area contributed by atoms with E-state index in [4.69, 9.17) is 27.9 Å². The molecule has 0 atom stereocenters. The molecule has 21 heavy (non-hydrogen) atoms. The number of fused-ring (bicyclic) bond motifs is 1. The number of aromatic nitrogens is 3. The summed E-state index contributed by atoms with van der Waals surface area (Å²) in [6, 6.07) is 6.58. The van der Waals surface area contributed by atoms with Crippen molar-refractivity contribution in [3.63, 3.8) is 0 Å². The second-order valence-corrected chi connectivity index (χ2v) is 5.16. The molecule has 7 heteroatoms. The van der Waals surface area contributed by atoms with Crippen LogP contribution in [0.25, 0.3) is 5.65 Å². The second kappa shape index (κ2) is 5.42. The third kappa shape index (κ3) is 2.50. The van der Waals surface area contributed by atoms with Crippen molar-refractivity contribution in [3.8, 4) is 17.4 Å². The van der Waals surface area contributed by atoms with Crippen LogP contribution in [-0.2, 0) is 6.42 Å². The topological polar surface area (TPSA) is 59.7 Å². The van der Waals surface area contributed by atoms with E-state index >= 15 is 0 Å². The largest absolute Gasteiger partial charge is 0.490 e. The first-order chi connectivity index (χ1) is 10.1. The molecule has 0 saturated heterocycles. The predicted octanol–water partition coefficient (Wildman–Crippen LogP) is 4.10. The summed E-state index contributed by atoms with van der Waals surface area (Å²) < 4.78 is 7.04. The minimum absolute atomic E-state index is 0.104. The van der Waals surface area contributed by atoms with Gasteiger partial charge < -0.3 is 9.84 Å². The summed E-state index contributed by atoms with van der Waals surface area (Å²) in [5.74, 6) is 0.614. The lowest BCUT2D eigenvalue weighted by Gasteiger charge is -2.12. The van der Waals surface area contributed by atoms with Gasteiger partial charge in [0, 0.05) is 12.1 Å². The van der Waals surface area contributed by atoms with E-state index in [1.54, 1.807) is 30.5 Å². The number of hydrogen-bond acceptors (Lipinski definition) is 4. The highest BCUT2D eigenvalue weighted by atomic mass is 35.5. The Morgan fingerprint density at radius 1 is 1.24 bits per heavy atom. The lowest BCUT2D eigenvalue weighted by molar-refractivity contribution is 0.378. The summed E-state index contributed by atoms with van der Waals surface area (Å²) in [5, 5.41) is 15.1. The van der Waals surface area contributed by atoms with Gasteiger partial charge in [0.1, 0.15) is 5.75 Å². The minimum atomic E-state index is -0.104. The molecule has 2 heterocycles. The average Bonchev–Trinajstić information content (AvgIpc) is 2.94. The first-order valence-electron chi connectivity index (χ1n) is 6.28. The monoisotopic (exact) mass is 323 g/mol. The summed E-state index contributed by atoms with van der Waals surface area (Å²) in [5.41, 5.74) is 1.19. The van der Waals surface area contributed by atoms with Gasteiger partial charge in [-0.2, -0.15) is 9.61 Å². The zero-order valence-electron chi connectivity index (χ0n) is 11.0. The molecule has 0 amide bonds. The maximum absolute atomic E-state index is 10.3. The summed E-state index contributed by atoms with van der Waals surface area (Å²) in [4.78, 5) is 4.41. The molecule has 0 aliphatic rings. The highest BCUT2D eigenvalue weighted by Crippen LogP contribution is 2.36. The first-order valence-corrected chi connectivity index (χ1v) is 7.04. The van der Waals surface area contributed by atoms with Crippen molar-refractivity contribution >= 4 is 28.8 Å². The SMILES string of the molecule is CCc1nc2ccnn2c(O)c1Oc1ccc(Cl)c(Cl)c1. The molecule has 1 N–H and O–H groups in total. The van der Waals surface area contributed by atoms with Gasteiger partial charge in [0.05, 0.1) is 21.9 Å². The van der Waals surface area contributed by atoms with Crippen LogP contribution in [0.15, 0.2) is 30.5 Å². The Hall–Kier alpha value is -1.98. The Balaban J connectivity index is 2.10. The van der Waals surface area contributed by atoms with Crippen LogP contribution in [0, 0.1) is 0 Å². The van der Waals surface area contributed by atoms with E-state index < -0.39 is 0 Å². The van der Waals surface area contributed by atoms with Crippen LogP contribution < -0.4 is 4.74 Å². The zero-order chi connectivity index (χ0) is 15.0. The Labute approximate surface area is 130 Å². The number of halogens is 2. The molecule has 0 aliphatic heterocycles. The molecule has 0 bridgehead atoms. The number of hydrogen-bond donors (Lipinski definition) is 1. The standard InChI is InChI=1S/C14H11Cl2N3O2/c1-2-11-13(14(20)19-12(18-11)5-6-17-19)21-8-3-4-9(15)10(16)7-8/h3-7,20H,2H2,1H3. The Morgan fingerprint density at radius 2 is 2.05 bits per heavy atom. The smallest absolute Gasteiger partial charge is 0.260 e. The van der Waals surface area contributed by atoms with Crippen molar-refractivity contribution < 1.29 is 9.84 Å². The molecule has 108 valence electrons. The molecule has 0 saturated carbocycles. The van der Waals surface area contributed by atoms with Crippen LogP contribution in [0.4, 0.5) is 0 Å². The summed E-state index contributed by atoms with van der Waals surface area (Å²) in [6.07, 6.45) is 2.16. The number of ether oxygens (including phenoxy) is 1. The molecule has 0 aliphatic carbocycles. The van der Waals surface area contributed by atoms with Crippen LogP contribution in [0.3, 0.4) is 0 Å². The highest BCUT2D eigenvalue weighted by molar-refractivity contribution is 6.42. The Bertz CT molecular complexity index is 817. The third-order valence-corrected chi connectivity index (χ3v) is 3.72. The predicted molar refractivity (Wildman–Crippen MR) is 80.6 cm³/mol. The van der Waals surface area contributed by atoms with Gasteiger partial charge in [-0.3, -0.25) is 0 Å². The van der Waals surface area contributed by atoms with E-state index in [-0.39, 0.29) is 11.6 Å². The number of aryl methyl sites for hydroxylation is 1. The third-order valence-electron chi connectivity index (χ3n) is 2.98. The van der Waals surface area contributed by atoms with Gasteiger partial charge in [0.2, 0.25) is 5.75 Å². The van der Waals surface area contributed by atoms with E-state index in [1.807, 2.05) is 6.92 Å². The average molecular weight is 324 g/mol. The zero-order valence-corrected chi connectivity index (χ0v) is 12.6. The van der Waals surface area contributed by atoms with Gasteiger partial charge in [0.15, 0.2) is 5.65 Å². The number of nitrogens with zero attached hydrogens (tertiary/aromatic N) is 3. The second-order valence-electron chi connectivity index (χ2n) is 4.34. The van der Waals surface area contributed by atoms with E-state index in [0.717, 1.165) is 0 Å². The Kier molecular flexibility index (Phi) is 3.61. The molecule has 3 aromatic rings. The van der Waals surface area contributed by atoms with Crippen molar-refractivity contribution in [1.29, 1.82) is 0 Å². The van der Waals surface area contributed by atoms with Crippen LogP contribution in [0.5, 0.6) is 17.4 Å². The van der Waals surface area contributed by atoms with E-state index in [2.05, 4.69) is 10.1 Å². The quantitative estimate of drug-likeness (QED) is 0.788. The molecule has 0 fully saturated rings. The summed E-state index contributed by atoms with van der Waals surface area (Å²) in [6.45, 7) is 1.93. The van der Waals surface area contributed by atoms with Crippen LogP contribution >= 0.6 is 23.2 Å². The molecule has 3 rings (SSSR count). The minimum Gasteiger partial charge on any atom is -0.490 e. The van der Waals surface area contributed by atoms with Gasteiger partial charge in [-0.15, -0.1) is 0 Å². The molecule has 0 unspecified atom stereocenters. The van der Waals surface area contributed by atoms with Crippen molar-refractivity contribution in [1.82, 2.24) is 14.6 Å². The maximum Gasteiger partial charge on any atom is 0.260 e. The van der Waals surface area contributed by atoms with Crippen LogP contribution in [0.2, 0.25) is 10.0 Å². The van der Waals surface area contributed by atoms with E-state index in [1.165, 1.54) is 4.52 Å². The lowest BCUT2D eigenvalue weighted by Crippen LogP contribution is -2.01. The van der Waals surface area contributed by atoms with Gasteiger partial charge in [0.25, 0.3) is 5.88 Å². The molecule has 2 aromatic heterocycles. The number of aromatic hydroxyl groups is 1. The maximum atomic E-state index is 10.3. The molecule has 1 aromatic carbocycles. The Morgan fingerprint density at radius 3 is 2.76 bits per heavy atom. The fraction of sp³-hybridized carbons (Fsp3) is 0.143. The fourth-order valence-corrected chi connectivity index (χ4v) is 2.25. The van der Waals surface area contributed by atoms with E-state index in [0.29, 0.717) is 33.6 Å². The molecular weight excluding hydrogens is 313 g/mol. The highest BCUT2D eigenvalue weighted by Gasteiger charge is 2.17. The lowest BCUT2D eigenvalue weighted by atomic mass is 10.3. The van der Waals surface area contributed by atoms with Crippen molar-refractivity contribution in [3.05, 3.63) is 46.2 Å². The molecule has 5 nitrogen and oxygen atoms in total. The van der Waals surface area contributed by atoms with Gasteiger partial charge in [-0.1, -0.05) is 30.1 Å². The fourth-order valence-electron chi connectivity index (χ4n) is 1.96. The van der Waals surface area contributed by atoms with Gasteiger partial charge in [-0.05, 0) is 18.6 Å². The summed E-state index contributed by atoms with van der Waals surface area (Å²) >= 11 is 11.8. The summed E-state index contributed by atoms with van der Waals surface area (Å²) in [7, 11) is 0. The van der Waals surface area contributed by atoms with Gasteiger partial charge >= 0.3 is 0 Å². The van der Waals surface area contributed by atoms with Crippen LogP contribution in [-0.4, -0.2) is 19.7 Å².